The number of rotatable bonds is 5. The molecule has 0 unspecified atom stereocenters. The molecule has 0 aromatic carbocycles. The van der Waals surface area contributed by atoms with Crippen LogP contribution >= 0.6 is 0 Å². The van der Waals surface area contributed by atoms with E-state index >= 15 is 0 Å². The minimum atomic E-state index is -0.446. The minimum absolute atomic E-state index is 0.0100. The number of ether oxygens (including phenoxy) is 1. The molecule has 0 aliphatic carbocycles. The molecule has 6 heteroatoms. The Labute approximate surface area is 89.7 Å². The molecule has 0 heterocycles. The van der Waals surface area contributed by atoms with Gasteiger partial charge in [0.2, 0.25) is 0 Å². The predicted octanol–water partition coefficient (Wildman–Crippen LogP) is 0.990. The van der Waals surface area contributed by atoms with Gasteiger partial charge < -0.3 is 20.6 Å². The van der Waals surface area contributed by atoms with E-state index in [1.54, 1.807) is 13.8 Å². The smallest absolute Gasteiger partial charge is 0.410 e. The van der Waals surface area contributed by atoms with E-state index in [0.29, 0.717) is 6.54 Å². The summed E-state index contributed by atoms with van der Waals surface area (Å²) in [7, 11) is 0. The Bertz CT molecular complexity index is 229. The summed E-state index contributed by atoms with van der Waals surface area (Å²) in [6.45, 7) is 6.07. The monoisotopic (exact) mass is 217 g/mol. The van der Waals surface area contributed by atoms with Gasteiger partial charge in [0.1, 0.15) is 0 Å². The van der Waals surface area contributed by atoms with Crippen LogP contribution in [0, 0.1) is 0 Å². The summed E-state index contributed by atoms with van der Waals surface area (Å²) >= 11 is 0. The Morgan fingerprint density at radius 1 is 1.60 bits per heavy atom. The van der Waals surface area contributed by atoms with Crippen LogP contribution in [0.3, 0.4) is 0 Å². The number of carbonyl (C=O) groups is 1. The molecule has 0 aromatic heterocycles. The molecule has 88 valence electrons. The number of nitrogens with two attached hydrogens (primary N) is 1. The number of nitrogens with zero attached hydrogens (tertiary/aromatic N) is 2. The van der Waals surface area contributed by atoms with Crippen molar-refractivity contribution in [3.05, 3.63) is 0 Å². The van der Waals surface area contributed by atoms with Crippen LogP contribution in [-0.2, 0) is 4.74 Å². The van der Waals surface area contributed by atoms with Crippen LogP contribution in [0.4, 0.5) is 4.79 Å². The number of hydrogen-bond acceptors (Lipinski definition) is 4. The van der Waals surface area contributed by atoms with Gasteiger partial charge in [-0.1, -0.05) is 12.1 Å². The van der Waals surface area contributed by atoms with E-state index in [0.717, 1.165) is 6.42 Å². The van der Waals surface area contributed by atoms with Crippen molar-refractivity contribution in [1.29, 1.82) is 0 Å². The lowest BCUT2D eigenvalue weighted by Gasteiger charge is -2.21. The number of amides is 1. The molecule has 0 rings (SSSR count). The first-order valence-electron chi connectivity index (χ1n) is 4.93. The average Bonchev–Trinajstić information content (AvgIpc) is 2.15. The quantitative estimate of drug-likeness (QED) is 0.311. The number of hydrogen-bond donors (Lipinski definition) is 2. The summed E-state index contributed by atoms with van der Waals surface area (Å²) in [6, 6.07) is 0. The van der Waals surface area contributed by atoms with Crippen LogP contribution in [-0.4, -0.2) is 41.2 Å². The lowest BCUT2D eigenvalue weighted by atomic mass is 10.4. The lowest BCUT2D eigenvalue weighted by Crippen LogP contribution is -2.40. The highest BCUT2D eigenvalue weighted by atomic mass is 16.6. The van der Waals surface area contributed by atoms with Crippen LogP contribution < -0.4 is 5.73 Å². The summed E-state index contributed by atoms with van der Waals surface area (Å²) in [5, 5.41) is 11.2. The average molecular weight is 217 g/mol. The molecule has 0 aliphatic heterocycles. The molecule has 0 aliphatic rings. The van der Waals surface area contributed by atoms with Crippen molar-refractivity contribution in [1.82, 2.24) is 4.90 Å². The summed E-state index contributed by atoms with van der Waals surface area (Å²) in [5.41, 5.74) is 5.32. The van der Waals surface area contributed by atoms with E-state index in [9.17, 15) is 4.79 Å². The molecule has 0 fully saturated rings. The zero-order valence-corrected chi connectivity index (χ0v) is 9.43. The van der Waals surface area contributed by atoms with Crippen molar-refractivity contribution in [3.63, 3.8) is 0 Å². The fourth-order valence-electron chi connectivity index (χ4n) is 1.01. The van der Waals surface area contributed by atoms with Crippen LogP contribution in [0.25, 0.3) is 0 Å². The van der Waals surface area contributed by atoms with Crippen LogP contribution in [0.1, 0.15) is 27.2 Å². The second kappa shape index (κ2) is 6.92. The third-order valence-electron chi connectivity index (χ3n) is 1.57. The lowest BCUT2D eigenvalue weighted by molar-refractivity contribution is 0.0809. The third kappa shape index (κ3) is 5.77. The van der Waals surface area contributed by atoms with Crippen molar-refractivity contribution < 1.29 is 14.7 Å². The summed E-state index contributed by atoms with van der Waals surface area (Å²) in [4.78, 5) is 12.9. The molecule has 3 N–H and O–H groups in total. The highest BCUT2D eigenvalue weighted by Crippen LogP contribution is 1.99. The van der Waals surface area contributed by atoms with E-state index in [1.165, 1.54) is 4.90 Å². The van der Waals surface area contributed by atoms with Gasteiger partial charge in [-0.25, -0.2) is 4.79 Å². The van der Waals surface area contributed by atoms with Crippen molar-refractivity contribution in [2.45, 2.75) is 33.3 Å². The molecular weight excluding hydrogens is 198 g/mol. The van der Waals surface area contributed by atoms with Crippen LogP contribution in [0.5, 0.6) is 0 Å². The van der Waals surface area contributed by atoms with E-state index in [2.05, 4.69) is 5.16 Å². The first-order valence-corrected chi connectivity index (χ1v) is 4.93. The van der Waals surface area contributed by atoms with Gasteiger partial charge in [0.15, 0.2) is 5.84 Å². The molecule has 0 spiro atoms. The topological polar surface area (TPSA) is 88.1 Å². The predicted molar refractivity (Wildman–Crippen MR) is 56.9 cm³/mol. The maximum atomic E-state index is 11.5. The SMILES string of the molecule is CCCN(CC(N)=NO)C(=O)OC(C)C. The highest BCUT2D eigenvalue weighted by molar-refractivity contribution is 5.85. The van der Waals surface area contributed by atoms with E-state index in [-0.39, 0.29) is 18.5 Å². The van der Waals surface area contributed by atoms with Crippen LogP contribution in [0.2, 0.25) is 0 Å². The number of amidine groups is 1. The van der Waals surface area contributed by atoms with E-state index in [1.807, 2.05) is 6.92 Å². The largest absolute Gasteiger partial charge is 0.447 e. The van der Waals surface area contributed by atoms with Gasteiger partial charge in [-0.2, -0.15) is 0 Å². The van der Waals surface area contributed by atoms with Crippen molar-refractivity contribution in [2.75, 3.05) is 13.1 Å². The summed E-state index contributed by atoms with van der Waals surface area (Å²) < 4.78 is 5.01. The summed E-state index contributed by atoms with van der Waals surface area (Å²) in [5.74, 6) is -0.0100. The highest BCUT2D eigenvalue weighted by Gasteiger charge is 2.16. The molecule has 0 atom stereocenters. The maximum Gasteiger partial charge on any atom is 0.410 e. The summed E-state index contributed by atoms with van der Waals surface area (Å²) in [6.07, 6.45) is 0.161. The Balaban J connectivity index is 4.31. The number of oxime groups is 1. The second-order valence-corrected chi connectivity index (χ2v) is 3.45. The molecule has 6 nitrogen and oxygen atoms in total. The normalized spacial score (nSPS) is 11.6. The van der Waals surface area contributed by atoms with E-state index < -0.39 is 6.09 Å². The Hall–Kier alpha value is -1.46. The molecule has 1 amide bonds. The zero-order chi connectivity index (χ0) is 11.8. The molecule has 0 radical (unpaired) electrons. The van der Waals surface area contributed by atoms with Gasteiger partial charge in [0.05, 0.1) is 12.6 Å². The number of carbonyl (C=O) groups excluding carboxylic acids is 1. The van der Waals surface area contributed by atoms with Gasteiger partial charge in [0.25, 0.3) is 0 Å². The Morgan fingerprint density at radius 3 is 2.60 bits per heavy atom. The first-order chi connectivity index (χ1) is 7.01. The third-order valence-corrected chi connectivity index (χ3v) is 1.57. The minimum Gasteiger partial charge on any atom is -0.447 e. The first kappa shape index (κ1) is 13.5. The molecular formula is C9H19N3O3. The van der Waals surface area contributed by atoms with Gasteiger partial charge in [-0.3, -0.25) is 0 Å². The molecule has 0 aromatic rings. The Morgan fingerprint density at radius 2 is 2.20 bits per heavy atom. The zero-order valence-electron chi connectivity index (χ0n) is 9.43. The second-order valence-electron chi connectivity index (χ2n) is 3.45. The molecule has 0 bridgehead atoms. The van der Waals surface area contributed by atoms with Crippen molar-refractivity contribution in [3.8, 4) is 0 Å². The van der Waals surface area contributed by atoms with Crippen LogP contribution in [0.15, 0.2) is 5.16 Å². The maximum absolute atomic E-state index is 11.5. The molecule has 0 saturated carbocycles. The molecule has 0 saturated heterocycles. The standard InChI is InChI=1S/C9H19N3O3/c1-4-5-12(6-8(10)11-14)9(13)15-7(2)3/h7,14H,4-6H2,1-3H3,(H2,10,11). The van der Waals surface area contributed by atoms with Crippen molar-refractivity contribution in [2.24, 2.45) is 10.9 Å². The Kier molecular flexibility index (Phi) is 6.24. The van der Waals surface area contributed by atoms with Gasteiger partial charge in [-0.05, 0) is 20.3 Å². The fourth-order valence-corrected chi connectivity index (χ4v) is 1.01. The molecule has 15 heavy (non-hydrogen) atoms. The van der Waals surface area contributed by atoms with Gasteiger partial charge in [-0.15, -0.1) is 0 Å². The van der Waals surface area contributed by atoms with Gasteiger partial charge in [0, 0.05) is 6.54 Å². The fraction of sp³-hybridized carbons (Fsp3) is 0.778. The van der Waals surface area contributed by atoms with Gasteiger partial charge >= 0.3 is 6.09 Å². The van der Waals surface area contributed by atoms with Crippen molar-refractivity contribution >= 4 is 11.9 Å². The van der Waals surface area contributed by atoms with E-state index in [4.69, 9.17) is 15.7 Å².